The maximum atomic E-state index is 12.3. The van der Waals surface area contributed by atoms with Crippen LogP contribution in [-0.2, 0) is 6.54 Å². The second kappa shape index (κ2) is 9.75. The Kier molecular flexibility index (Phi) is 6.62. The molecule has 1 N–H and O–H groups in total. The minimum absolute atomic E-state index is 0.140. The first kappa shape index (κ1) is 21.1. The van der Waals surface area contributed by atoms with Crippen LogP contribution in [0.25, 0.3) is 11.4 Å². The van der Waals surface area contributed by atoms with Gasteiger partial charge in [0, 0.05) is 31.3 Å². The van der Waals surface area contributed by atoms with Gasteiger partial charge in [-0.15, -0.1) is 0 Å². The number of nitrogens with zero attached hydrogens (tertiary/aromatic N) is 3. The van der Waals surface area contributed by atoms with Crippen molar-refractivity contribution in [2.45, 2.75) is 32.2 Å². The summed E-state index contributed by atoms with van der Waals surface area (Å²) in [4.78, 5) is 26.7. The van der Waals surface area contributed by atoms with Crippen LogP contribution in [0.1, 0.15) is 37.1 Å². The third-order valence-corrected chi connectivity index (χ3v) is 5.51. The summed E-state index contributed by atoms with van der Waals surface area (Å²) >= 11 is 0. The molecule has 2 aromatic heterocycles. The number of H-pyrrole nitrogens is 1. The number of aromatic amines is 1. The van der Waals surface area contributed by atoms with Crippen molar-refractivity contribution in [1.29, 1.82) is 0 Å². The average molecular weight is 421 g/mol. The van der Waals surface area contributed by atoms with Crippen molar-refractivity contribution < 1.29 is 9.47 Å². The molecule has 1 unspecified atom stereocenters. The standard InChI is InChI=1S/C24H28N4O3/c1-3-31-22-13-17(9-10-21(22)30-2)15-28-12-6-7-18(16-28)24-26-20(14-23(29)27-24)19-8-4-5-11-25-19/h4-5,8-11,13-14,18H,3,6-7,12,15-16H2,1-2H3,(H,26,27,29). The normalized spacial score (nSPS) is 16.8. The van der Waals surface area contributed by atoms with E-state index in [2.05, 4.69) is 20.9 Å². The van der Waals surface area contributed by atoms with Crippen LogP contribution in [0.5, 0.6) is 11.5 Å². The monoisotopic (exact) mass is 420 g/mol. The second-order valence-corrected chi connectivity index (χ2v) is 7.72. The summed E-state index contributed by atoms with van der Waals surface area (Å²) in [5.41, 5.74) is 2.37. The van der Waals surface area contributed by atoms with E-state index >= 15 is 0 Å². The molecule has 0 amide bonds. The maximum absolute atomic E-state index is 12.3. The van der Waals surface area contributed by atoms with Gasteiger partial charge in [-0.3, -0.25) is 14.7 Å². The molecule has 0 spiro atoms. The van der Waals surface area contributed by atoms with Gasteiger partial charge in [0.2, 0.25) is 0 Å². The number of rotatable bonds is 7. The average Bonchev–Trinajstić information content (AvgIpc) is 2.80. The summed E-state index contributed by atoms with van der Waals surface area (Å²) in [7, 11) is 1.65. The van der Waals surface area contributed by atoms with E-state index in [0.29, 0.717) is 18.0 Å². The molecule has 4 rings (SSSR count). The number of hydrogen-bond acceptors (Lipinski definition) is 6. The van der Waals surface area contributed by atoms with Crippen LogP contribution >= 0.6 is 0 Å². The largest absolute Gasteiger partial charge is 0.493 e. The summed E-state index contributed by atoms with van der Waals surface area (Å²) in [6.45, 7) is 5.22. The first-order valence-electron chi connectivity index (χ1n) is 10.7. The van der Waals surface area contributed by atoms with Crippen molar-refractivity contribution in [2.24, 2.45) is 0 Å². The number of benzene rings is 1. The Morgan fingerprint density at radius 1 is 1.16 bits per heavy atom. The number of ether oxygens (including phenoxy) is 2. The SMILES string of the molecule is CCOc1cc(CN2CCCC(c3nc(-c4ccccn4)cc(=O)[nH]3)C2)ccc1OC. The molecule has 1 atom stereocenters. The highest BCUT2D eigenvalue weighted by molar-refractivity contribution is 5.52. The van der Waals surface area contributed by atoms with Crippen molar-refractivity contribution in [3.63, 3.8) is 0 Å². The van der Waals surface area contributed by atoms with Crippen LogP contribution in [0.4, 0.5) is 0 Å². The maximum Gasteiger partial charge on any atom is 0.251 e. The summed E-state index contributed by atoms with van der Waals surface area (Å²) < 4.78 is 11.1. The smallest absolute Gasteiger partial charge is 0.251 e. The lowest BCUT2D eigenvalue weighted by Gasteiger charge is -2.32. The molecule has 0 aliphatic carbocycles. The third-order valence-electron chi connectivity index (χ3n) is 5.51. The molecule has 1 aromatic carbocycles. The molecule has 162 valence electrons. The van der Waals surface area contributed by atoms with Gasteiger partial charge in [0.1, 0.15) is 5.82 Å². The molecule has 0 saturated carbocycles. The molecule has 7 heteroatoms. The van der Waals surface area contributed by atoms with Crippen molar-refractivity contribution in [1.82, 2.24) is 19.9 Å². The Balaban J connectivity index is 1.51. The van der Waals surface area contributed by atoms with Crippen LogP contribution in [0.2, 0.25) is 0 Å². The van der Waals surface area contributed by atoms with Crippen molar-refractivity contribution in [2.75, 3.05) is 26.8 Å². The van der Waals surface area contributed by atoms with E-state index in [-0.39, 0.29) is 11.5 Å². The lowest BCUT2D eigenvalue weighted by Crippen LogP contribution is -2.35. The Labute approximate surface area is 182 Å². The highest BCUT2D eigenvalue weighted by Crippen LogP contribution is 2.30. The number of nitrogens with one attached hydrogen (secondary N) is 1. The zero-order valence-electron chi connectivity index (χ0n) is 18.0. The molecular weight excluding hydrogens is 392 g/mol. The third kappa shape index (κ3) is 5.11. The fraction of sp³-hybridized carbons (Fsp3) is 0.375. The quantitative estimate of drug-likeness (QED) is 0.629. The Hall–Kier alpha value is -3.19. The van der Waals surface area contributed by atoms with Crippen LogP contribution in [-0.4, -0.2) is 46.7 Å². The summed E-state index contributed by atoms with van der Waals surface area (Å²) in [6, 6.07) is 13.2. The number of aromatic nitrogens is 3. The number of pyridine rings is 1. The second-order valence-electron chi connectivity index (χ2n) is 7.72. The van der Waals surface area contributed by atoms with E-state index in [1.54, 1.807) is 13.3 Å². The van der Waals surface area contributed by atoms with Crippen molar-refractivity contribution in [3.8, 4) is 22.9 Å². The van der Waals surface area contributed by atoms with Gasteiger partial charge in [0.25, 0.3) is 5.56 Å². The number of methoxy groups -OCH3 is 1. The Morgan fingerprint density at radius 3 is 2.84 bits per heavy atom. The predicted molar refractivity (Wildman–Crippen MR) is 120 cm³/mol. The van der Waals surface area contributed by atoms with Crippen LogP contribution in [0.15, 0.2) is 53.5 Å². The van der Waals surface area contributed by atoms with Crippen molar-refractivity contribution >= 4 is 0 Å². The molecule has 1 aliphatic rings. The summed E-state index contributed by atoms with van der Waals surface area (Å²) in [5.74, 6) is 2.43. The molecule has 7 nitrogen and oxygen atoms in total. The highest BCUT2D eigenvalue weighted by atomic mass is 16.5. The van der Waals surface area contributed by atoms with E-state index in [1.165, 1.54) is 11.6 Å². The lowest BCUT2D eigenvalue weighted by atomic mass is 9.96. The fourth-order valence-corrected chi connectivity index (χ4v) is 4.08. The van der Waals surface area contributed by atoms with E-state index in [1.807, 2.05) is 37.3 Å². The van der Waals surface area contributed by atoms with E-state index in [0.717, 1.165) is 49.8 Å². The first-order chi connectivity index (χ1) is 15.2. The van der Waals surface area contributed by atoms with Gasteiger partial charge < -0.3 is 14.5 Å². The number of likely N-dealkylation sites (tertiary alicyclic amines) is 1. The van der Waals surface area contributed by atoms with E-state index < -0.39 is 0 Å². The molecule has 0 radical (unpaired) electrons. The topological polar surface area (TPSA) is 80.3 Å². The first-order valence-corrected chi connectivity index (χ1v) is 10.7. The van der Waals surface area contributed by atoms with Gasteiger partial charge in [0.15, 0.2) is 11.5 Å². The summed E-state index contributed by atoms with van der Waals surface area (Å²) in [5, 5.41) is 0. The van der Waals surface area contributed by atoms with Crippen LogP contribution in [0.3, 0.4) is 0 Å². The minimum atomic E-state index is -0.140. The molecule has 0 bridgehead atoms. The van der Waals surface area contributed by atoms with Gasteiger partial charge >= 0.3 is 0 Å². The highest BCUT2D eigenvalue weighted by Gasteiger charge is 2.24. The van der Waals surface area contributed by atoms with Crippen molar-refractivity contribution in [3.05, 3.63) is 70.4 Å². The van der Waals surface area contributed by atoms with Gasteiger partial charge in [-0.25, -0.2) is 4.98 Å². The van der Waals surface area contributed by atoms with E-state index in [4.69, 9.17) is 14.5 Å². The minimum Gasteiger partial charge on any atom is -0.493 e. The molecule has 3 heterocycles. The summed E-state index contributed by atoms with van der Waals surface area (Å²) in [6.07, 6.45) is 3.76. The van der Waals surface area contributed by atoms with Gasteiger partial charge in [0.05, 0.1) is 25.1 Å². The zero-order chi connectivity index (χ0) is 21.6. The van der Waals surface area contributed by atoms with E-state index in [9.17, 15) is 4.79 Å². The zero-order valence-corrected chi connectivity index (χ0v) is 18.0. The molecule has 1 fully saturated rings. The Morgan fingerprint density at radius 2 is 2.06 bits per heavy atom. The molecule has 31 heavy (non-hydrogen) atoms. The molecule has 3 aromatic rings. The van der Waals surface area contributed by atoms with Crippen LogP contribution in [0, 0.1) is 0 Å². The fourth-order valence-electron chi connectivity index (χ4n) is 4.08. The molecular formula is C24H28N4O3. The number of hydrogen-bond donors (Lipinski definition) is 1. The molecule has 1 aliphatic heterocycles. The van der Waals surface area contributed by atoms with Crippen LogP contribution < -0.4 is 15.0 Å². The predicted octanol–water partition coefficient (Wildman–Crippen LogP) is 3.62. The van der Waals surface area contributed by atoms with Gasteiger partial charge in [-0.1, -0.05) is 12.1 Å². The lowest BCUT2D eigenvalue weighted by molar-refractivity contribution is 0.196. The Bertz CT molecular complexity index is 1070. The van der Waals surface area contributed by atoms with Gasteiger partial charge in [-0.2, -0.15) is 0 Å². The van der Waals surface area contributed by atoms with Gasteiger partial charge in [-0.05, 0) is 56.1 Å². The number of piperidine rings is 1. The molecule has 1 saturated heterocycles.